The van der Waals surface area contributed by atoms with Gasteiger partial charge in [0, 0.05) is 50.5 Å². The van der Waals surface area contributed by atoms with Gasteiger partial charge >= 0.3 is 0 Å². The molecule has 0 saturated carbocycles. The van der Waals surface area contributed by atoms with Gasteiger partial charge in [0.2, 0.25) is 0 Å². The van der Waals surface area contributed by atoms with Crippen molar-refractivity contribution in [1.82, 2.24) is 25.2 Å². The molecular weight excluding hydrogens is 468 g/mol. The largest absolute Gasteiger partial charge is 0.492 e. The molecule has 0 atom stereocenters. The normalized spacial score (nSPS) is 17.2. The molecule has 1 aromatic carbocycles. The van der Waals surface area contributed by atoms with Crippen molar-refractivity contribution in [1.29, 1.82) is 0 Å². The topological polar surface area (TPSA) is 95.6 Å². The van der Waals surface area contributed by atoms with E-state index in [1.165, 1.54) is 0 Å². The average molecular weight is 501 g/mol. The van der Waals surface area contributed by atoms with Gasteiger partial charge in [-0.15, -0.1) is 12.4 Å². The van der Waals surface area contributed by atoms with E-state index in [1.54, 1.807) is 6.33 Å². The summed E-state index contributed by atoms with van der Waals surface area (Å²) in [5, 5.41) is 4.28. The van der Waals surface area contributed by atoms with E-state index in [0.717, 1.165) is 86.9 Å². The number of benzene rings is 1. The van der Waals surface area contributed by atoms with Crippen molar-refractivity contribution in [2.45, 2.75) is 25.8 Å². The summed E-state index contributed by atoms with van der Waals surface area (Å²) in [6.45, 7) is 8.65. The van der Waals surface area contributed by atoms with Gasteiger partial charge in [-0.05, 0) is 43.5 Å². The van der Waals surface area contributed by atoms with Gasteiger partial charge in [-0.2, -0.15) is 0 Å². The predicted molar refractivity (Wildman–Crippen MR) is 138 cm³/mol. The lowest BCUT2D eigenvalue weighted by molar-refractivity contribution is 0.0322. The van der Waals surface area contributed by atoms with Crippen LogP contribution >= 0.6 is 12.4 Å². The number of anilines is 1. The highest BCUT2D eigenvalue weighted by Crippen LogP contribution is 2.28. The van der Waals surface area contributed by atoms with Crippen LogP contribution in [0.15, 0.2) is 36.8 Å². The molecule has 5 rings (SSSR count). The smallest absolute Gasteiger partial charge is 0.251 e. The number of amides is 1. The van der Waals surface area contributed by atoms with Gasteiger partial charge in [-0.1, -0.05) is 6.07 Å². The Hall–Kier alpha value is -2.88. The highest BCUT2D eigenvalue weighted by Gasteiger charge is 2.24. The number of rotatable bonds is 7. The quantitative estimate of drug-likeness (QED) is 0.515. The molecule has 4 heterocycles. The highest BCUT2D eigenvalue weighted by molar-refractivity contribution is 5.95. The lowest BCUT2D eigenvalue weighted by atomic mass is 10.0. The number of nitrogens with one attached hydrogen (secondary N) is 2. The third-order valence-corrected chi connectivity index (χ3v) is 6.65. The number of ether oxygens (including phenoxy) is 2. The van der Waals surface area contributed by atoms with Crippen molar-refractivity contribution in [2.75, 3.05) is 57.4 Å². The minimum Gasteiger partial charge on any atom is -0.492 e. The number of aromatic nitrogens is 3. The van der Waals surface area contributed by atoms with Crippen molar-refractivity contribution in [3.05, 3.63) is 47.9 Å². The van der Waals surface area contributed by atoms with Gasteiger partial charge in [0.1, 0.15) is 30.1 Å². The Morgan fingerprint density at radius 1 is 1.20 bits per heavy atom. The summed E-state index contributed by atoms with van der Waals surface area (Å²) in [6, 6.07) is 7.59. The summed E-state index contributed by atoms with van der Waals surface area (Å²) in [5.74, 6) is 1.64. The number of carbonyl (C=O) groups is 1. The molecule has 2 aliphatic rings. The lowest BCUT2D eigenvalue weighted by Crippen LogP contribution is -2.45. The number of H-pyrrole nitrogens is 1. The number of aromatic amines is 1. The molecule has 2 aliphatic heterocycles. The first kappa shape index (κ1) is 25.2. The van der Waals surface area contributed by atoms with Crippen LogP contribution in [0, 0.1) is 6.92 Å². The Balaban J connectivity index is 0.00000289. The fraction of sp³-hybridized carbons (Fsp3) is 0.480. The van der Waals surface area contributed by atoms with Gasteiger partial charge in [0.25, 0.3) is 5.91 Å². The number of hydrogen-bond acceptors (Lipinski definition) is 7. The Morgan fingerprint density at radius 3 is 2.80 bits per heavy atom. The number of piperidine rings is 1. The van der Waals surface area contributed by atoms with Gasteiger partial charge in [-0.25, -0.2) is 9.97 Å². The number of aryl methyl sites for hydroxylation is 1. The molecule has 2 aromatic heterocycles. The molecule has 10 heteroatoms. The van der Waals surface area contributed by atoms with Crippen LogP contribution in [0.2, 0.25) is 0 Å². The molecular formula is C25H33ClN6O3. The van der Waals surface area contributed by atoms with Crippen LogP contribution in [0.25, 0.3) is 11.0 Å². The molecule has 0 spiro atoms. The first-order valence-corrected chi connectivity index (χ1v) is 12.0. The number of carbonyl (C=O) groups excluding carboxylic acids is 1. The summed E-state index contributed by atoms with van der Waals surface area (Å²) in [5.41, 5.74) is 2.64. The number of halogens is 1. The lowest BCUT2D eigenvalue weighted by Gasteiger charge is -2.33. The molecule has 2 saturated heterocycles. The van der Waals surface area contributed by atoms with Crippen LogP contribution < -0.4 is 15.0 Å². The first-order valence-electron chi connectivity index (χ1n) is 12.0. The standard InChI is InChI=1S/C25H32N6O3.ClH/c1-18-16-26-23-22(18)24(28-17-27-23)31-7-5-20(6-8-31)29-25(32)19-3-2-4-21(15-19)34-14-11-30-9-12-33-13-10-30;/h2-4,15-17,20H,5-14H2,1H3,(H,29,32)(H,26,27,28);1H. The monoisotopic (exact) mass is 500 g/mol. The van der Waals surface area contributed by atoms with Crippen molar-refractivity contribution >= 4 is 35.2 Å². The zero-order valence-corrected chi connectivity index (χ0v) is 20.9. The zero-order valence-electron chi connectivity index (χ0n) is 20.0. The summed E-state index contributed by atoms with van der Waals surface area (Å²) in [7, 11) is 0. The second-order valence-electron chi connectivity index (χ2n) is 8.96. The summed E-state index contributed by atoms with van der Waals surface area (Å²) in [4.78, 5) is 29.6. The third-order valence-electron chi connectivity index (χ3n) is 6.65. The number of fused-ring (bicyclic) bond motifs is 1. The van der Waals surface area contributed by atoms with Gasteiger partial charge in [0.15, 0.2) is 0 Å². The molecule has 35 heavy (non-hydrogen) atoms. The Kier molecular flexibility index (Phi) is 8.43. The van der Waals surface area contributed by atoms with E-state index in [2.05, 4.69) is 37.0 Å². The molecule has 188 valence electrons. The molecule has 3 aromatic rings. The second-order valence-corrected chi connectivity index (χ2v) is 8.96. The fourth-order valence-electron chi connectivity index (χ4n) is 4.69. The van der Waals surface area contributed by atoms with E-state index < -0.39 is 0 Å². The fourth-order valence-corrected chi connectivity index (χ4v) is 4.69. The van der Waals surface area contributed by atoms with Crippen LogP contribution in [0.1, 0.15) is 28.8 Å². The van der Waals surface area contributed by atoms with E-state index in [9.17, 15) is 4.79 Å². The zero-order chi connectivity index (χ0) is 23.3. The van der Waals surface area contributed by atoms with Crippen molar-refractivity contribution in [3.8, 4) is 5.75 Å². The minimum atomic E-state index is -0.0528. The van der Waals surface area contributed by atoms with Gasteiger partial charge < -0.3 is 24.7 Å². The summed E-state index contributed by atoms with van der Waals surface area (Å²) >= 11 is 0. The number of morpholine rings is 1. The van der Waals surface area contributed by atoms with Crippen LogP contribution in [0.4, 0.5) is 5.82 Å². The van der Waals surface area contributed by atoms with E-state index in [0.29, 0.717) is 12.2 Å². The summed E-state index contributed by atoms with van der Waals surface area (Å²) < 4.78 is 11.3. The Labute approximate surface area is 211 Å². The molecule has 2 N–H and O–H groups in total. The molecule has 1 amide bonds. The van der Waals surface area contributed by atoms with Crippen molar-refractivity contribution < 1.29 is 14.3 Å². The van der Waals surface area contributed by atoms with E-state index in [1.807, 2.05) is 30.5 Å². The Bertz CT molecular complexity index is 1130. The van der Waals surface area contributed by atoms with Crippen molar-refractivity contribution in [2.24, 2.45) is 0 Å². The maximum atomic E-state index is 12.9. The SMILES string of the molecule is Cc1c[nH]c2ncnc(N3CCC(NC(=O)c4cccc(OCCN5CCOCC5)c4)CC3)c12.Cl. The molecule has 9 nitrogen and oxygen atoms in total. The first-order chi connectivity index (χ1) is 16.7. The predicted octanol–water partition coefficient (Wildman–Crippen LogP) is 2.80. The molecule has 0 bridgehead atoms. The van der Waals surface area contributed by atoms with E-state index >= 15 is 0 Å². The van der Waals surface area contributed by atoms with Crippen LogP contribution in [-0.4, -0.2) is 84.3 Å². The Morgan fingerprint density at radius 2 is 2.00 bits per heavy atom. The molecule has 0 unspecified atom stereocenters. The second kappa shape index (κ2) is 11.7. The maximum Gasteiger partial charge on any atom is 0.251 e. The minimum absolute atomic E-state index is 0. The van der Waals surface area contributed by atoms with Crippen LogP contribution in [0.5, 0.6) is 5.75 Å². The molecule has 0 aliphatic carbocycles. The third kappa shape index (κ3) is 6.04. The van der Waals surface area contributed by atoms with E-state index in [-0.39, 0.29) is 24.4 Å². The van der Waals surface area contributed by atoms with Gasteiger partial charge in [0.05, 0.1) is 18.6 Å². The summed E-state index contributed by atoms with van der Waals surface area (Å²) in [6.07, 6.45) is 5.32. The van der Waals surface area contributed by atoms with E-state index in [4.69, 9.17) is 9.47 Å². The highest BCUT2D eigenvalue weighted by atomic mass is 35.5. The number of hydrogen-bond donors (Lipinski definition) is 2. The average Bonchev–Trinajstić information content (AvgIpc) is 3.26. The number of nitrogens with zero attached hydrogens (tertiary/aromatic N) is 4. The maximum absolute atomic E-state index is 12.9. The van der Waals surface area contributed by atoms with Crippen molar-refractivity contribution in [3.63, 3.8) is 0 Å². The van der Waals surface area contributed by atoms with Gasteiger partial charge in [-0.3, -0.25) is 9.69 Å². The molecule has 0 radical (unpaired) electrons. The molecule has 2 fully saturated rings. The van der Waals surface area contributed by atoms with Crippen LogP contribution in [0.3, 0.4) is 0 Å². The van der Waals surface area contributed by atoms with Crippen LogP contribution in [-0.2, 0) is 4.74 Å².